The van der Waals surface area contributed by atoms with Crippen molar-refractivity contribution in [1.82, 2.24) is 4.57 Å². The monoisotopic (exact) mass is 295 g/mol. The number of hydrogen-bond acceptors (Lipinski definition) is 2. The third-order valence-corrected chi connectivity index (χ3v) is 3.94. The maximum Gasteiger partial charge on any atom is 0.120 e. The molecule has 2 aromatic carbocycles. The molecule has 0 aliphatic rings. The first-order valence-corrected chi connectivity index (χ1v) is 7.58. The van der Waals surface area contributed by atoms with Crippen molar-refractivity contribution in [3.8, 4) is 22.8 Å². The van der Waals surface area contributed by atoms with Gasteiger partial charge in [0.25, 0.3) is 0 Å². The predicted octanol–water partition coefficient (Wildman–Crippen LogP) is 4.74. The highest BCUT2D eigenvalue weighted by atomic mass is 16.5. The summed E-state index contributed by atoms with van der Waals surface area (Å²) in [5.74, 6) is 1.77. The van der Waals surface area contributed by atoms with E-state index in [1.807, 2.05) is 18.2 Å². The molecule has 0 aliphatic heterocycles. The highest BCUT2D eigenvalue weighted by molar-refractivity contribution is 5.88. The van der Waals surface area contributed by atoms with E-state index in [1.165, 1.54) is 22.2 Å². The van der Waals surface area contributed by atoms with Crippen LogP contribution in [0.5, 0.6) is 11.5 Å². The molecule has 0 unspecified atom stereocenters. The van der Waals surface area contributed by atoms with Crippen molar-refractivity contribution >= 4 is 10.9 Å². The minimum Gasteiger partial charge on any atom is -0.497 e. The van der Waals surface area contributed by atoms with Crippen molar-refractivity contribution in [3.05, 3.63) is 48.5 Å². The standard InChI is InChI=1S/C19H21NO2/c1-4-11-20-18(14-5-8-16(21-2)9-6-14)12-15-7-10-17(22-3)13-19(15)20/h5-10,12-13H,4,11H2,1-3H3. The van der Waals surface area contributed by atoms with Gasteiger partial charge in [0.2, 0.25) is 0 Å². The normalized spacial score (nSPS) is 10.9. The van der Waals surface area contributed by atoms with Crippen LogP contribution < -0.4 is 9.47 Å². The number of fused-ring (bicyclic) bond motifs is 1. The summed E-state index contributed by atoms with van der Waals surface area (Å²) in [5.41, 5.74) is 3.64. The van der Waals surface area contributed by atoms with E-state index in [1.54, 1.807) is 14.2 Å². The summed E-state index contributed by atoms with van der Waals surface area (Å²) < 4.78 is 13.0. The fraction of sp³-hybridized carbons (Fsp3) is 0.263. The summed E-state index contributed by atoms with van der Waals surface area (Å²) >= 11 is 0. The zero-order valence-electron chi connectivity index (χ0n) is 13.3. The van der Waals surface area contributed by atoms with Gasteiger partial charge in [-0.1, -0.05) is 6.92 Å². The average molecular weight is 295 g/mol. The number of methoxy groups -OCH3 is 2. The van der Waals surface area contributed by atoms with Crippen LogP contribution >= 0.6 is 0 Å². The second-order valence-corrected chi connectivity index (χ2v) is 5.33. The molecule has 1 heterocycles. The quantitative estimate of drug-likeness (QED) is 0.679. The van der Waals surface area contributed by atoms with Crippen LogP contribution in [0.25, 0.3) is 22.2 Å². The van der Waals surface area contributed by atoms with Gasteiger partial charge in [-0.2, -0.15) is 0 Å². The van der Waals surface area contributed by atoms with Crippen molar-refractivity contribution < 1.29 is 9.47 Å². The van der Waals surface area contributed by atoms with E-state index >= 15 is 0 Å². The van der Waals surface area contributed by atoms with E-state index in [2.05, 4.69) is 41.8 Å². The van der Waals surface area contributed by atoms with Gasteiger partial charge in [-0.3, -0.25) is 0 Å². The number of ether oxygens (including phenoxy) is 2. The second kappa shape index (κ2) is 6.14. The molecule has 3 nitrogen and oxygen atoms in total. The summed E-state index contributed by atoms with van der Waals surface area (Å²) in [4.78, 5) is 0. The topological polar surface area (TPSA) is 23.4 Å². The molecule has 0 saturated heterocycles. The van der Waals surface area contributed by atoms with E-state index in [9.17, 15) is 0 Å². The maximum absolute atomic E-state index is 5.37. The lowest BCUT2D eigenvalue weighted by atomic mass is 10.1. The Kier molecular flexibility index (Phi) is 4.05. The van der Waals surface area contributed by atoms with Gasteiger partial charge in [0.15, 0.2) is 0 Å². The molecule has 114 valence electrons. The van der Waals surface area contributed by atoms with Crippen LogP contribution in [0.3, 0.4) is 0 Å². The van der Waals surface area contributed by atoms with E-state index < -0.39 is 0 Å². The molecule has 3 rings (SSSR count). The Balaban J connectivity index is 2.16. The Bertz CT molecular complexity index is 772. The molecule has 0 N–H and O–H groups in total. The summed E-state index contributed by atoms with van der Waals surface area (Å²) in [6.07, 6.45) is 1.09. The van der Waals surface area contributed by atoms with Gasteiger partial charge in [0.05, 0.1) is 19.7 Å². The number of aryl methyl sites for hydroxylation is 1. The zero-order chi connectivity index (χ0) is 15.5. The Hall–Kier alpha value is -2.42. The van der Waals surface area contributed by atoms with Gasteiger partial charge in [-0.25, -0.2) is 0 Å². The molecule has 0 atom stereocenters. The van der Waals surface area contributed by atoms with E-state index in [4.69, 9.17) is 9.47 Å². The van der Waals surface area contributed by atoms with Crippen molar-refractivity contribution in [3.63, 3.8) is 0 Å². The summed E-state index contributed by atoms with van der Waals surface area (Å²) in [7, 11) is 3.40. The molecule has 0 spiro atoms. The van der Waals surface area contributed by atoms with Crippen LogP contribution in [0, 0.1) is 0 Å². The summed E-state index contributed by atoms with van der Waals surface area (Å²) in [6.45, 7) is 3.18. The minimum atomic E-state index is 0.878. The Labute approximate surface area is 131 Å². The van der Waals surface area contributed by atoms with E-state index in [0.29, 0.717) is 0 Å². The molecule has 0 amide bonds. The molecule has 0 bridgehead atoms. The van der Waals surface area contributed by atoms with E-state index in [0.717, 1.165) is 24.5 Å². The van der Waals surface area contributed by atoms with Crippen molar-refractivity contribution in [2.45, 2.75) is 19.9 Å². The van der Waals surface area contributed by atoms with Gasteiger partial charge >= 0.3 is 0 Å². The fourth-order valence-electron chi connectivity index (χ4n) is 2.83. The first kappa shape index (κ1) is 14.5. The van der Waals surface area contributed by atoms with Crippen LogP contribution in [0.2, 0.25) is 0 Å². The predicted molar refractivity (Wildman–Crippen MR) is 90.8 cm³/mol. The molecule has 0 radical (unpaired) electrons. The van der Waals surface area contributed by atoms with Crippen molar-refractivity contribution in [2.75, 3.05) is 14.2 Å². The third-order valence-electron chi connectivity index (χ3n) is 3.94. The van der Waals surface area contributed by atoms with Crippen LogP contribution in [0.4, 0.5) is 0 Å². The van der Waals surface area contributed by atoms with Crippen LogP contribution in [0.1, 0.15) is 13.3 Å². The Morgan fingerprint density at radius 2 is 1.55 bits per heavy atom. The molecular weight excluding hydrogens is 274 g/mol. The minimum absolute atomic E-state index is 0.878. The lowest BCUT2D eigenvalue weighted by Gasteiger charge is -2.11. The second-order valence-electron chi connectivity index (χ2n) is 5.33. The van der Waals surface area contributed by atoms with Gasteiger partial charge < -0.3 is 14.0 Å². The van der Waals surface area contributed by atoms with Crippen LogP contribution in [-0.4, -0.2) is 18.8 Å². The number of rotatable bonds is 5. The molecule has 1 aromatic heterocycles. The lowest BCUT2D eigenvalue weighted by Crippen LogP contribution is -1.99. The molecule has 3 heteroatoms. The fourth-order valence-corrected chi connectivity index (χ4v) is 2.83. The molecule has 3 aromatic rings. The molecule has 0 saturated carbocycles. The van der Waals surface area contributed by atoms with Crippen LogP contribution in [-0.2, 0) is 6.54 Å². The smallest absolute Gasteiger partial charge is 0.120 e. The van der Waals surface area contributed by atoms with Gasteiger partial charge in [0, 0.05) is 23.7 Å². The maximum atomic E-state index is 5.37. The summed E-state index contributed by atoms with van der Waals surface area (Å²) in [5, 5.41) is 1.24. The largest absolute Gasteiger partial charge is 0.497 e. The number of hydrogen-bond donors (Lipinski definition) is 0. The van der Waals surface area contributed by atoms with Crippen molar-refractivity contribution in [2.24, 2.45) is 0 Å². The molecule has 22 heavy (non-hydrogen) atoms. The van der Waals surface area contributed by atoms with Gasteiger partial charge in [-0.15, -0.1) is 0 Å². The number of benzene rings is 2. The highest BCUT2D eigenvalue weighted by Crippen LogP contribution is 2.31. The molecule has 0 fully saturated rings. The third kappa shape index (κ3) is 2.54. The van der Waals surface area contributed by atoms with Crippen molar-refractivity contribution in [1.29, 1.82) is 0 Å². The van der Waals surface area contributed by atoms with Crippen LogP contribution in [0.15, 0.2) is 48.5 Å². The zero-order valence-corrected chi connectivity index (χ0v) is 13.3. The highest BCUT2D eigenvalue weighted by Gasteiger charge is 2.11. The average Bonchev–Trinajstić information content (AvgIpc) is 2.93. The summed E-state index contributed by atoms with van der Waals surface area (Å²) in [6, 6.07) is 16.7. The first-order valence-electron chi connectivity index (χ1n) is 7.58. The SMILES string of the molecule is CCCn1c(-c2ccc(OC)cc2)cc2ccc(OC)cc21. The Morgan fingerprint density at radius 3 is 2.18 bits per heavy atom. The first-order chi connectivity index (χ1) is 10.8. The number of nitrogens with zero attached hydrogens (tertiary/aromatic N) is 1. The van der Waals surface area contributed by atoms with E-state index in [-0.39, 0.29) is 0 Å². The molecular formula is C19H21NO2. The van der Waals surface area contributed by atoms with Gasteiger partial charge in [0.1, 0.15) is 11.5 Å². The van der Waals surface area contributed by atoms with Gasteiger partial charge in [-0.05, 0) is 54.4 Å². The molecule has 0 aliphatic carbocycles. The number of aromatic nitrogens is 1. The Morgan fingerprint density at radius 1 is 0.864 bits per heavy atom. The lowest BCUT2D eigenvalue weighted by molar-refractivity contribution is 0.415.